The Bertz CT molecular complexity index is 542. The number of aromatic hydroxyl groups is 1. The van der Waals surface area contributed by atoms with Gasteiger partial charge in [-0.3, -0.25) is 0 Å². The normalized spacial score (nSPS) is 10.5. The molecular formula is C10H10FN3O3. The number of phenolic OH excluding ortho intramolecular Hbond substituents is 1. The zero-order chi connectivity index (χ0) is 12.4. The van der Waals surface area contributed by atoms with E-state index in [2.05, 4.69) is 10.1 Å². The van der Waals surface area contributed by atoms with Gasteiger partial charge in [0.2, 0.25) is 11.7 Å². The van der Waals surface area contributed by atoms with Crippen molar-refractivity contribution in [1.82, 2.24) is 10.1 Å². The lowest BCUT2D eigenvalue weighted by Crippen LogP contribution is -1.96. The fourth-order valence-electron chi connectivity index (χ4n) is 1.33. The molecule has 7 heteroatoms. The largest absolute Gasteiger partial charge is 0.507 e. The maximum atomic E-state index is 13.5. The molecule has 0 bridgehead atoms. The molecule has 0 spiro atoms. The fraction of sp³-hybridized carbons (Fsp3) is 0.200. The van der Waals surface area contributed by atoms with Crippen LogP contribution in [0.25, 0.3) is 11.4 Å². The third kappa shape index (κ3) is 2.04. The number of nitrogens with two attached hydrogens (primary N) is 1. The van der Waals surface area contributed by atoms with E-state index in [0.717, 1.165) is 12.1 Å². The number of phenols is 1. The third-order valence-electron chi connectivity index (χ3n) is 2.15. The maximum absolute atomic E-state index is 13.5. The molecule has 0 amide bonds. The Morgan fingerprint density at radius 2 is 2.29 bits per heavy atom. The van der Waals surface area contributed by atoms with Gasteiger partial charge in [-0.25, -0.2) is 4.39 Å². The predicted octanol–water partition coefficient (Wildman–Crippen LogP) is 1.05. The van der Waals surface area contributed by atoms with Crippen LogP contribution in [0.4, 0.5) is 4.39 Å². The van der Waals surface area contributed by atoms with E-state index in [1.807, 2.05) is 0 Å². The fourth-order valence-corrected chi connectivity index (χ4v) is 1.33. The van der Waals surface area contributed by atoms with Gasteiger partial charge in [0.05, 0.1) is 19.2 Å². The molecule has 0 unspecified atom stereocenters. The highest BCUT2D eigenvalue weighted by Gasteiger charge is 2.16. The van der Waals surface area contributed by atoms with Crippen LogP contribution in [0.1, 0.15) is 5.89 Å². The summed E-state index contributed by atoms with van der Waals surface area (Å²) in [6, 6.07) is 2.21. The summed E-state index contributed by atoms with van der Waals surface area (Å²) in [6.07, 6.45) is 0. The zero-order valence-electron chi connectivity index (χ0n) is 8.98. The van der Waals surface area contributed by atoms with Crippen LogP contribution in [0.5, 0.6) is 11.5 Å². The summed E-state index contributed by atoms with van der Waals surface area (Å²) in [5.41, 5.74) is 5.42. The highest BCUT2D eigenvalue weighted by Crippen LogP contribution is 2.32. The third-order valence-corrected chi connectivity index (χ3v) is 2.15. The monoisotopic (exact) mass is 239 g/mol. The summed E-state index contributed by atoms with van der Waals surface area (Å²) in [4.78, 5) is 3.89. The number of methoxy groups -OCH3 is 1. The van der Waals surface area contributed by atoms with Gasteiger partial charge in [0.15, 0.2) is 11.6 Å². The minimum atomic E-state index is -0.626. The first kappa shape index (κ1) is 11.3. The minimum absolute atomic E-state index is 0.0613. The molecule has 0 saturated carbocycles. The lowest BCUT2D eigenvalue weighted by Gasteiger charge is -2.05. The summed E-state index contributed by atoms with van der Waals surface area (Å²) in [5, 5.41) is 13.3. The lowest BCUT2D eigenvalue weighted by atomic mass is 10.1. The Kier molecular flexibility index (Phi) is 2.92. The van der Waals surface area contributed by atoms with E-state index >= 15 is 0 Å². The highest BCUT2D eigenvalue weighted by molar-refractivity contribution is 5.65. The van der Waals surface area contributed by atoms with E-state index in [1.165, 1.54) is 7.11 Å². The molecule has 0 fully saturated rings. The summed E-state index contributed by atoms with van der Waals surface area (Å²) in [6.45, 7) is 0.0758. The minimum Gasteiger partial charge on any atom is -0.507 e. The van der Waals surface area contributed by atoms with Gasteiger partial charge in [-0.05, 0) is 6.07 Å². The van der Waals surface area contributed by atoms with Gasteiger partial charge < -0.3 is 20.1 Å². The number of rotatable bonds is 3. The molecule has 0 saturated heterocycles. The Hall–Kier alpha value is -2.15. The van der Waals surface area contributed by atoms with Crippen LogP contribution >= 0.6 is 0 Å². The smallest absolute Gasteiger partial charge is 0.240 e. The van der Waals surface area contributed by atoms with Gasteiger partial charge >= 0.3 is 0 Å². The van der Waals surface area contributed by atoms with Crippen molar-refractivity contribution in [3.05, 3.63) is 23.8 Å². The van der Waals surface area contributed by atoms with E-state index in [0.29, 0.717) is 0 Å². The van der Waals surface area contributed by atoms with E-state index in [9.17, 15) is 9.50 Å². The summed E-state index contributed by atoms with van der Waals surface area (Å²) in [5.74, 6) is -0.610. The van der Waals surface area contributed by atoms with E-state index in [1.54, 1.807) is 0 Å². The first-order chi connectivity index (χ1) is 8.15. The van der Waals surface area contributed by atoms with Crippen LogP contribution in [0.3, 0.4) is 0 Å². The topological polar surface area (TPSA) is 94.4 Å². The van der Waals surface area contributed by atoms with Crippen molar-refractivity contribution >= 4 is 0 Å². The standard InChI is InChI=1S/C10H10FN3O3/c1-16-8-3-7(15)5(2-6(8)11)10-13-9(4-12)17-14-10/h2-3,15H,4,12H2,1H3. The van der Waals surface area contributed by atoms with Crippen molar-refractivity contribution < 1.29 is 18.8 Å². The quantitative estimate of drug-likeness (QED) is 0.831. The Morgan fingerprint density at radius 3 is 2.88 bits per heavy atom. The number of hydrogen-bond acceptors (Lipinski definition) is 6. The van der Waals surface area contributed by atoms with Crippen LogP contribution < -0.4 is 10.5 Å². The molecule has 0 atom stereocenters. The number of halogens is 1. The van der Waals surface area contributed by atoms with Gasteiger partial charge in [-0.1, -0.05) is 5.16 Å². The average Bonchev–Trinajstić information content (AvgIpc) is 2.80. The van der Waals surface area contributed by atoms with E-state index in [4.69, 9.17) is 15.0 Å². The van der Waals surface area contributed by atoms with Crippen LogP contribution in [-0.4, -0.2) is 22.4 Å². The van der Waals surface area contributed by atoms with E-state index < -0.39 is 5.82 Å². The Labute approximate surface area is 95.8 Å². The molecule has 3 N–H and O–H groups in total. The number of benzene rings is 1. The molecule has 2 rings (SSSR count). The molecule has 1 heterocycles. The second-order valence-electron chi connectivity index (χ2n) is 3.22. The van der Waals surface area contributed by atoms with Gasteiger partial charge in [0.25, 0.3) is 0 Å². The van der Waals surface area contributed by atoms with Crippen molar-refractivity contribution in [1.29, 1.82) is 0 Å². The molecule has 1 aromatic carbocycles. The van der Waals surface area contributed by atoms with Gasteiger partial charge in [0.1, 0.15) is 5.75 Å². The molecule has 6 nitrogen and oxygen atoms in total. The van der Waals surface area contributed by atoms with Crippen LogP contribution in [0.15, 0.2) is 16.7 Å². The van der Waals surface area contributed by atoms with Gasteiger partial charge in [-0.2, -0.15) is 4.98 Å². The molecule has 0 aliphatic rings. The molecule has 2 aromatic rings. The molecule has 0 aliphatic heterocycles. The first-order valence-electron chi connectivity index (χ1n) is 4.75. The van der Waals surface area contributed by atoms with Crippen LogP contribution in [0.2, 0.25) is 0 Å². The summed E-state index contributed by atoms with van der Waals surface area (Å²) < 4.78 is 23.0. The molecule has 17 heavy (non-hydrogen) atoms. The number of hydrogen-bond donors (Lipinski definition) is 2. The number of nitrogens with zero attached hydrogens (tertiary/aromatic N) is 2. The number of ether oxygens (including phenoxy) is 1. The predicted molar refractivity (Wildman–Crippen MR) is 55.8 cm³/mol. The average molecular weight is 239 g/mol. The van der Waals surface area contributed by atoms with Gasteiger partial charge in [-0.15, -0.1) is 0 Å². The van der Waals surface area contributed by atoms with Crippen LogP contribution in [0, 0.1) is 5.82 Å². The highest BCUT2D eigenvalue weighted by atomic mass is 19.1. The van der Waals surface area contributed by atoms with Crippen molar-refractivity contribution in [3.63, 3.8) is 0 Å². The molecular weight excluding hydrogens is 229 g/mol. The molecule has 90 valence electrons. The van der Waals surface area contributed by atoms with E-state index in [-0.39, 0.29) is 35.3 Å². The second kappa shape index (κ2) is 4.38. The second-order valence-corrected chi connectivity index (χ2v) is 3.22. The SMILES string of the molecule is COc1cc(O)c(-c2noc(CN)n2)cc1F. The van der Waals surface area contributed by atoms with Crippen molar-refractivity contribution in [2.75, 3.05) is 7.11 Å². The summed E-state index contributed by atoms with van der Waals surface area (Å²) in [7, 11) is 1.30. The summed E-state index contributed by atoms with van der Waals surface area (Å²) >= 11 is 0. The van der Waals surface area contributed by atoms with Crippen molar-refractivity contribution in [2.24, 2.45) is 5.73 Å². The maximum Gasteiger partial charge on any atom is 0.240 e. The Balaban J connectivity index is 2.48. The van der Waals surface area contributed by atoms with Crippen LogP contribution in [-0.2, 0) is 6.54 Å². The molecule has 0 aliphatic carbocycles. The lowest BCUT2D eigenvalue weighted by molar-refractivity contribution is 0.377. The Morgan fingerprint density at radius 1 is 1.53 bits per heavy atom. The van der Waals surface area contributed by atoms with Crippen molar-refractivity contribution in [3.8, 4) is 22.9 Å². The number of aromatic nitrogens is 2. The molecule has 0 radical (unpaired) electrons. The van der Waals surface area contributed by atoms with Crippen molar-refractivity contribution in [2.45, 2.75) is 6.54 Å². The zero-order valence-corrected chi connectivity index (χ0v) is 8.98. The van der Waals surface area contributed by atoms with Gasteiger partial charge in [0, 0.05) is 6.07 Å². The molecule has 1 aromatic heterocycles. The first-order valence-corrected chi connectivity index (χ1v) is 4.75.